The molecule has 0 amide bonds. The van der Waals surface area contributed by atoms with Gasteiger partial charge in [0, 0.05) is 0 Å². The summed E-state index contributed by atoms with van der Waals surface area (Å²) in [4.78, 5) is 23.1. The fourth-order valence-corrected chi connectivity index (χ4v) is 4.71. The Bertz CT molecular complexity index is 608. The molecule has 0 aliphatic carbocycles. The summed E-state index contributed by atoms with van der Waals surface area (Å²) < 4.78 is 68.4. The van der Waals surface area contributed by atoms with E-state index in [9.17, 15) is 22.8 Å². The van der Waals surface area contributed by atoms with Crippen LogP contribution in [0, 0.1) is 0 Å². The van der Waals surface area contributed by atoms with Crippen LogP contribution in [0.2, 0.25) is 0 Å². The Balaban J connectivity index is 0. The molecule has 1 atom stereocenters. The molecule has 0 heterocycles. The van der Waals surface area contributed by atoms with E-state index in [1.807, 2.05) is 0 Å². The first kappa shape index (κ1) is 34.2. The molecule has 0 aromatic rings. The normalized spacial score (nSPS) is 12.6. The molecular formula is C21H39F3O7S2. The van der Waals surface area contributed by atoms with Crippen molar-refractivity contribution in [3.05, 3.63) is 0 Å². The van der Waals surface area contributed by atoms with Crippen molar-refractivity contribution in [1.82, 2.24) is 0 Å². The van der Waals surface area contributed by atoms with E-state index < -0.39 is 15.6 Å². The maximum atomic E-state index is 11.6. The van der Waals surface area contributed by atoms with Gasteiger partial charge in [-0.15, -0.1) is 0 Å². The summed E-state index contributed by atoms with van der Waals surface area (Å²) in [5.74, 6) is 0.600. The second-order valence-corrected chi connectivity index (χ2v) is 11.5. The van der Waals surface area contributed by atoms with Crippen LogP contribution >= 0.6 is 0 Å². The number of esters is 2. The van der Waals surface area contributed by atoms with Crippen molar-refractivity contribution in [3.8, 4) is 0 Å². The molecule has 12 heteroatoms. The van der Waals surface area contributed by atoms with Crippen LogP contribution in [0.1, 0.15) is 84.0 Å². The Labute approximate surface area is 199 Å². The molecule has 0 aromatic heterocycles. The summed E-state index contributed by atoms with van der Waals surface area (Å²) >= 11 is 0. The van der Waals surface area contributed by atoms with E-state index in [2.05, 4.69) is 13.2 Å². The van der Waals surface area contributed by atoms with Gasteiger partial charge in [-0.05, 0) is 23.7 Å². The van der Waals surface area contributed by atoms with Crippen LogP contribution in [0.3, 0.4) is 0 Å². The van der Waals surface area contributed by atoms with Gasteiger partial charge in [-0.3, -0.25) is 9.59 Å². The zero-order chi connectivity index (χ0) is 25.9. The van der Waals surface area contributed by atoms with Crippen molar-refractivity contribution in [1.29, 1.82) is 0 Å². The highest BCUT2D eigenvalue weighted by atomic mass is 32.2. The van der Waals surface area contributed by atoms with Crippen LogP contribution in [0.4, 0.5) is 13.2 Å². The summed E-state index contributed by atoms with van der Waals surface area (Å²) in [5.41, 5.74) is -5.65. The SMILES string of the molecule is CCCCCCCCCCCC[S+](C)C(CC(=O)OC)CC(=O)OC.O=S(=O)([O-])C(F)(F)F. The minimum absolute atomic E-state index is 0.0335. The third-order valence-corrected chi connectivity index (χ3v) is 7.89. The molecule has 1 unspecified atom stereocenters. The molecule has 0 fully saturated rings. The molecule has 7 nitrogen and oxygen atoms in total. The number of hydrogen-bond acceptors (Lipinski definition) is 7. The second kappa shape index (κ2) is 19.3. The molecule has 0 aliphatic rings. The highest BCUT2D eigenvalue weighted by molar-refractivity contribution is 7.96. The largest absolute Gasteiger partial charge is 0.741 e. The van der Waals surface area contributed by atoms with E-state index >= 15 is 0 Å². The van der Waals surface area contributed by atoms with Crippen LogP contribution in [-0.4, -0.2) is 61.9 Å². The first-order valence-corrected chi connectivity index (χ1v) is 14.3. The molecule has 0 saturated carbocycles. The quantitative estimate of drug-likeness (QED) is 0.0946. The topological polar surface area (TPSA) is 110 Å². The lowest BCUT2D eigenvalue weighted by atomic mass is 10.1. The Morgan fingerprint density at radius 1 is 0.848 bits per heavy atom. The molecular weight excluding hydrogens is 485 g/mol. The maximum absolute atomic E-state index is 11.6. The van der Waals surface area contributed by atoms with E-state index in [0.29, 0.717) is 12.8 Å². The maximum Gasteiger partial charge on any atom is 0.485 e. The molecule has 0 rings (SSSR count). The first-order valence-electron chi connectivity index (χ1n) is 11.1. The molecule has 0 bridgehead atoms. The van der Waals surface area contributed by atoms with Gasteiger partial charge < -0.3 is 14.0 Å². The number of ether oxygens (including phenoxy) is 2. The van der Waals surface area contributed by atoms with Gasteiger partial charge in [-0.25, -0.2) is 8.42 Å². The number of unbranched alkanes of at least 4 members (excludes halogenated alkanes) is 9. The summed E-state index contributed by atoms with van der Waals surface area (Å²) in [5, 5.41) is 0.0402. The fourth-order valence-electron chi connectivity index (χ4n) is 2.88. The summed E-state index contributed by atoms with van der Waals surface area (Å²) in [6, 6.07) is 0. The highest BCUT2D eigenvalue weighted by Crippen LogP contribution is 2.20. The third-order valence-electron chi connectivity index (χ3n) is 4.92. The number of alkyl halides is 3. The van der Waals surface area contributed by atoms with E-state index in [-0.39, 0.29) is 28.1 Å². The van der Waals surface area contributed by atoms with Crippen molar-refractivity contribution < 1.29 is 45.2 Å². The van der Waals surface area contributed by atoms with Crippen LogP contribution in [0.15, 0.2) is 0 Å². The standard InChI is InChI=1S/C20H39O4S.CHF3O3S/c1-5-6-7-8-9-10-11-12-13-14-15-25(4)18(16-19(21)23-2)17-20(22)24-3;2-1(3,4)8(5,6)7/h18H,5-17H2,1-4H3;(H,5,6,7)/q+1;/p-1. The lowest BCUT2D eigenvalue weighted by Crippen LogP contribution is -2.29. The molecule has 0 radical (unpaired) electrons. The number of hydrogen-bond donors (Lipinski definition) is 0. The van der Waals surface area contributed by atoms with E-state index in [4.69, 9.17) is 22.4 Å². The third kappa shape index (κ3) is 20.1. The number of methoxy groups -OCH3 is 2. The Hall–Kier alpha value is -1.01. The smallest absolute Gasteiger partial charge is 0.485 e. The zero-order valence-electron chi connectivity index (χ0n) is 20.1. The van der Waals surface area contributed by atoms with Crippen molar-refractivity contribution in [2.45, 2.75) is 94.7 Å². The van der Waals surface area contributed by atoms with Gasteiger partial charge in [0.15, 0.2) is 10.1 Å². The summed E-state index contributed by atoms with van der Waals surface area (Å²) in [7, 11) is -3.26. The van der Waals surface area contributed by atoms with Crippen molar-refractivity contribution in [2.75, 3.05) is 26.2 Å². The summed E-state index contributed by atoms with van der Waals surface area (Å²) in [6.07, 6.45) is 16.0. The van der Waals surface area contributed by atoms with Crippen LogP contribution < -0.4 is 0 Å². The van der Waals surface area contributed by atoms with Gasteiger partial charge in [0.25, 0.3) is 0 Å². The zero-order valence-corrected chi connectivity index (χ0v) is 21.7. The molecule has 0 aromatic carbocycles. The average molecular weight is 525 g/mol. The van der Waals surface area contributed by atoms with Crippen LogP contribution in [0.5, 0.6) is 0 Å². The van der Waals surface area contributed by atoms with Gasteiger partial charge in [0.05, 0.1) is 33.3 Å². The van der Waals surface area contributed by atoms with Gasteiger partial charge in [-0.2, -0.15) is 13.2 Å². The van der Waals surface area contributed by atoms with Crippen LogP contribution in [-0.2, 0) is 40.1 Å². The molecule has 0 aliphatic heterocycles. The predicted octanol–water partition coefficient (Wildman–Crippen LogP) is 4.70. The average Bonchev–Trinajstić information content (AvgIpc) is 2.73. The van der Waals surface area contributed by atoms with E-state index in [1.165, 1.54) is 78.4 Å². The van der Waals surface area contributed by atoms with Crippen molar-refractivity contribution >= 4 is 33.0 Å². The minimum atomic E-state index is -6.09. The monoisotopic (exact) mass is 524 g/mol. The number of carbonyl (C=O) groups is 2. The second-order valence-electron chi connectivity index (χ2n) is 7.66. The molecule has 33 heavy (non-hydrogen) atoms. The lowest BCUT2D eigenvalue weighted by Gasteiger charge is -2.14. The number of rotatable bonds is 16. The molecule has 0 saturated heterocycles. The fraction of sp³-hybridized carbons (Fsp3) is 0.905. The van der Waals surface area contributed by atoms with Crippen molar-refractivity contribution in [3.63, 3.8) is 0 Å². The Kier molecular flexibility index (Phi) is 20.0. The van der Waals surface area contributed by atoms with Gasteiger partial charge >= 0.3 is 17.4 Å². The van der Waals surface area contributed by atoms with E-state index in [1.54, 1.807) is 0 Å². The first-order chi connectivity index (χ1) is 15.3. The molecule has 0 spiro atoms. The van der Waals surface area contributed by atoms with Gasteiger partial charge in [0.2, 0.25) is 0 Å². The lowest BCUT2D eigenvalue weighted by molar-refractivity contribution is -0.142. The summed E-state index contributed by atoms with van der Waals surface area (Å²) in [6.45, 7) is 2.25. The predicted molar refractivity (Wildman–Crippen MR) is 123 cm³/mol. The molecule has 198 valence electrons. The number of carbonyl (C=O) groups excluding carboxylic acids is 2. The number of halogens is 3. The Morgan fingerprint density at radius 3 is 1.48 bits per heavy atom. The van der Waals surface area contributed by atoms with Crippen LogP contribution in [0.25, 0.3) is 0 Å². The minimum Gasteiger partial charge on any atom is -0.741 e. The Morgan fingerprint density at radius 2 is 1.18 bits per heavy atom. The van der Waals surface area contributed by atoms with E-state index in [0.717, 1.165) is 5.75 Å². The highest BCUT2D eigenvalue weighted by Gasteiger charge is 2.37. The van der Waals surface area contributed by atoms with Gasteiger partial charge in [0.1, 0.15) is 11.0 Å². The molecule has 0 N–H and O–H groups in total. The van der Waals surface area contributed by atoms with Gasteiger partial charge in [-0.1, -0.05) is 58.3 Å². The van der Waals surface area contributed by atoms with Crippen molar-refractivity contribution in [2.24, 2.45) is 0 Å².